The number of rotatable bonds is 10. The molecule has 0 bridgehead atoms. The first-order chi connectivity index (χ1) is 13.3. The number of benzene rings is 1. The summed E-state index contributed by atoms with van der Waals surface area (Å²) < 4.78 is 13.8. The van der Waals surface area contributed by atoms with Crippen LogP contribution in [0.2, 0.25) is 5.02 Å². The molecule has 0 radical (unpaired) electrons. The minimum Gasteiger partial charge on any atom is -0.504 e. The zero-order valence-corrected chi connectivity index (χ0v) is 17.7. The molecule has 3 N–H and O–H groups in total. The van der Waals surface area contributed by atoms with E-state index in [-0.39, 0.29) is 45.3 Å². The zero-order chi connectivity index (χ0) is 21.0. The minimum absolute atomic E-state index is 0.0468. The Bertz CT molecular complexity index is 934. The predicted octanol–water partition coefficient (Wildman–Crippen LogP) is 2.89. The average molecular weight is 430 g/mol. The number of halogens is 1. The van der Waals surface area contributed by atoms with E-state index in [1.54, 1.807) is 6.92 Å². The maximum Gasteiger partial charge on any atom is 0.253 e. The summed E-state index contributed by atoms with van der Waals surface area (Å²) in [5, 5.41) is 16.5. The van der Waals surface area contributed by atoms with Gasteiger partial charge >= 0.3 is 0 Å². The van der Waals surface area contributed by atoms with Gasteiger partial charge < -0.3 is 15.7 Å². The molecule has 0 amide bonds. The Kier molecular flexibility index (Phi) is 7.59. The summed E-state index contributed by atoms with van der Waals surface area (Å²) >= 11 is 6.12. The highest BCUT2D eigenvalue weighted by Gasteiger charge is 2.26. The topological polar surface area (TPSA) is 108 Å². The first-order valence-corrected chi connectivity index (χ1v) is 10.4. The van der Waals surface area contributed by atoms with Crippen LogP contribution in [0.5, 0.6) is 5.75 Å². The first kappa shape index (κ1) is 22.4. The van der Waals surface area contributed by atoms with Gasteiger partial charge in [0.15, 0.2) is 16.7 Å². The number of nitrogens with one attached hydrogen (secondary N) is 2. The molecule has 2 rings (SSSR count). The highest BCUT2D eigenvalue weighted by Crippen LogP contribution is 2.38. The van der Waals surface area contributed by atoms with Crippen LogP contribution in [0.1, 0.15) is 33.6 Å². The molecule has 28 heavy (non-hydrogen) atoms. The van der Waals surface area contributed by atoms with Crippen LogP contribution in [-0.4, -0.2) is 33.5 Å². The largest absolute Gasteiger partial charge is 0.504 e. The Labute approximate surface area is 170 Å². The maximum absolute atomic E-state index is 12.7. The van der Waals surface area contributed by atoms with Crippen molar-refractivity contribution >= 4 is 39.6 Å². The summed E-state index contributed by atoms with van der Waals surface area (Å²) in [5.41, 5.74) is -0.937. The Morgan fingerprint density at radius 2 is 1.79 bits per heavy atom. The summed E-state index contributed by atoms with van der Waals surface area (Å²) in [6.07, 6.45) is 1.57. The van der Waals surface area contributed by atoms with Crippen molar-refractivity contribution in [3.8, 4) is 5.75 Å². The van der Waals surface area contributed by atoms with Crippen LogP contribution in [0.25, 0.3) is 0 Å². The minimum atomic E-state index is -1.88. The van der Waals surface area contributed by atoms with E-state index < -0.39 is 21.8 Å². The summed E-state index contributed by atoms with van der Waals surface area (Å²) in [4.78, 5) is 28.9. The van der Waals surface area contributed by atoms with Crippen LogP contribution in [-0.2, 0) is 15.8 Å². The molecule has 0 aliphatic rings. The van der Waals surface area contributed by atoms with Crippen LogP contribution in [0.15, 0.2) is 26.6 Å². The van der Waals surface area contributed by atoms with Gasteiger partial charge in [0, 0.05) is 12.6 Å². The number of hydrogen-bond acceptors (Lipinski definition) is 7. The van der Waals surface area contributed by atoms with Crippen molar-refractivity contribution in [1.29, 1.82) is 0 Å². The van der Waals surface area contributed by atoms with Gasteiger partial charge in [0.05, 0.1) is 17.8 Å². The molecular formula is C18H24ClN3O5S. The number of nitrogens with zero attached hydrogens (tertiary/aromatic N) is 1. The van der Waals surface area contributed by atoms with Gasteiger partial charge in [0.2, 0.25) is 0 Å². The molecule has 0 spiro atoms. The van der Waals surface area contributed by atoms with E-state index in [0.29, 0.717) is 0 Å². The highest BCUT2D eigenvalue weighted by molar-refractivity contribution is 7.82. The molecule has 0 aliphatic heterocycles. The van der Waals surface area contributed by atoms with Crippen molar-refractivity contribution in [3.05, 3.63) is 37.6 Å². The number of phenols is 1. The van der Waals surface area contributed by atoms with E-state index in [1.165, 1.54) is 19.2 Å². The number of phenolic OH excluding ortho intramolecular Hbond substituents is 1. The summed E-state index contributed by atoms with van der Waals surface area (Å²) in [5.74, 6) is -0.386. The standard InChI is InChI=1S/C18H24ClN3O5S/c1-5-10(6-2)20-13-14(17(25)16(13)24)21-12-9-8-11(19)18(15(12)23)28(26)22(7-3)27-4/h8-10,20-21,23H,5-7H2,1-4H3. The smallest absolute Gasteiger partial charge is 0.253 e. The van der Waals surface area contributed by atoms with Gasteiger partial charge in [-0.25, -0.2) is 4.21 Å². The Morgan fingerprint density at radius 1 is 1.18 bits per heavy atom. The van der Waals surface area contributed by atoms with E-state index in [2.05, 4.69) is 10.6 Å². The molecule has 10 heteroatoms. The quantitative estimate of drug-likeness (QED) is 0.302. The van der Waals surface area contributed by atoms with Crippen molar-refractivity contribution in [3.63, 3.8) is 0 Å². The lowest BCUT2D eigenvalue weighted by Crippen LogP contribution is -2.38. The monoisotopic (exact) mass is 429 g/mol. The van der Waals surface area contributed by atoms with E-state index in [9.17, 15) is 18.9 Å². The fourth-order valence-electron chi connectivity index (χ4n) is 2.71. The summed E-state index contributed by atoms with van der Waals surface area (Å²) in [6.45, 7) is 5.97. The Hall–Kier alpha value is -1.94. The lowest BCUT2D eigenvalue weighted by atomic mass is 10.1. The van der Waals surface area contributed by atoms with Gasteiger partial charge in [-0.05, 0) is 31.9 Å². The second kappa shape index (κ2) is 9.51. The van der Waals surface area contributed by atoms with Gasteiger partial charge in [-0.1, -0.05) is 25.4 Å². The van der Waals surface area contributed by atoms with E-state index >= 15 is 0 Å². The van der Waals surface area contributed by atoms with Crippen molar-refractivity contribution < 1.29 is 14.2 Å². The lowest BCUT2D eigenvalue weighted by molar-refractivity contribution is -0.0391. The second-order valence-electron chi connectivity index (χ2n) is 6.04. The van der Waals surface area contributed by atoms with Gasteiger partial charge in [0.25, 0.3) is 10.9 Å². The molecule has 0 saturated heterocycles. The van der Waals surface area contributed by atoms with Crippen molar-refractivity contribution in [2.24, 2.45) is 0 Å². The van der Waals surface area contributed by atoms with E-state index in [1.807, 2.05) is 13.8 Å². The molecule has 154 valence electrons. The molecule has 2 aromatic carbocycles. The van der Waals surface area contributed by atoms with Crippen molar-refractivity contribution in [1.82, 2.24) is 4.47 Å². The SMILES string of the molecule is CCC(CC)Nc1c(Nc2ccc(Cl)c(S(=O)N(CC)OC)c2O)c(=O)c1=O. The molecule has 0 saturated carbocycles. The Morgan fingerprint density at radius 3 is 2.32 bits per heavy atom. The molecule has 0 fully saturated rings. The van der Waals surface area contributed by atoms with Crippen LogP contribution >= 0.6 is 11.6 Å². The summed E-state index contributed by atoms with van der Waals surface area (Å²) in [7, 11) is -0.529. The van der Waals surface area contributed by atoms with Crippen LogP contribution in [0, 0.1) is 0 Å². The van der Waals surface area contributed by atoms with Crippen molar-refractivity contribution in [2.45, 2.75) is 44.6 Å². The molecule has 2 aromatic rings. The Balaban J connectivity index is 2.41. The molecule has 0 heterocycles. The third-order valence-electron chi connectivity index (χ3n) is 4.41. The third-order valence-corrected chi connectivity index (χ3v) is 6.38. The molecule has 0 aliphatic carbocycles. The predicted molar refractivity (Wildman–Crippen MR) is 112 cm³/mol. The molecule has 1 atom stereocenters. The van der Waals surface area contributed by atoms with Gasteiger partial charge in [-0.2, -0.15) is 0 Å². The summed E-state index contributed by atoms with van der Waals surface area (Å²) in [6, 6.07) is 2.93. The van der Waals surface area contributed by atoms with Crippen LogP contribution < -0.4 is 21.5 Å². The fraction of sp³-hybridized carbons (Fsp3) is 0.444. The molecule has 1 unspecified atom stereocenters. The maximum atomic E-state index is 12.7. The van der Waals surface area contributed by atoms with Gasteiger partial charge in [0.1, 0.15) is 16.3 Å². The van der Waals surface area contributed by atoms with Crippen molar-refractivity contribution in [2.75, 3.05) is 24.3 Å². The highest BCUT2D eigenvalue weighted by atomic mass is 35.5. The molecular weight excluding hydrogens is 406 g/mol. The number of anilines is 3. The third kappa shape index (κ3) is 4.22. The van der Waals surface area contributed by atoms with Gasteiger partial charge in [-0.15, -0.1) is 4.47 Å². The molecule has 8 nitrogen and oxygen atoms in total. The first-order valence-electron chi connectivity index (χ1n) is 8.92. The average Bonchev–Trinajstić information content (AvgIpc) is 2.69. The van der Waals surface area contributed by atoms with E-state index in [0.717, 1.165) is 17.3 Å². The lowest BCUT2D eigenvalue weighted by Gasteiger charge is -2.22. The molecule has 0 aromatic heterocycles. The van der Waals surface area contributed by atoms with E-state index in [4.69, 9.17) is 16.4 Å². The van der Waals surface area contributed by atoms with Crippen LogP contribution in [0.3, 0.4) is 0 Å². The fourth-order valence-corrected chi connectivity index (χ4v) is 4.14. The zero-order valence-electron chi connectivity index (χ0n) is 16.2. The second-order valence-corrected chi connectivity index (χ2v) is 7.77. The van der Waals surface area contributed by atoms with Crippen LogP contribution in [0.4, 0.5) is 17.1 Å². The van der Waals surface area contributed by atoms with Gasteiger partial charge in [-0.3, -0.25) is 14.4 Å². The number of hydroxylamine groups is 1. The number of hydrogen-bond donors (Lipinski definition) is 3. The normalized spacial score (nSPS) is 12.7. The number of aromatic hydroxyl groups is 1.